The largest absolute Gasteiger partial charge is 0.468 e. The first-order chi connectivity index (χ1) is 17.6. The zero-order valence-electron chi connectivity index (χ0n) is 22.9. The zero-order chi connectivity index (χ0) is 26.3. The Morgan fingerprint density at radius 3 is 1.19 bits per heavy atom. The molecule has 0 amide bonds. The van der Waals surface area contributed by atoms with Gasteiger partial charge < -0.3 is 9.47 Å². The van der Waals surface area contributed by atoms with Gasteiger partial charge in [-0.15, -0.1) is 0 Å². The molecule has 6 nitrogen and oxygen atoms in total. The lowest BCUT2D eigenvalue weighted by Gasteiger charge is -2.35. The molecule has 7 aliphatic carbocycles. The second kappa shape index (κ2) is 7.57. The number of hydrogen-bond acceptors (Lipinski definition) is 6. The van der Waals surface area contributed by atoms with Crippen LogP contribution >= 0.6 is 0 Å². The highest BCUT2D eigenvalue weighted by atomic mass is 16.5. The van der Waals surface area contributed by atoms with Gasteiger partial charge in [-0.2, -0.15) is 0 Å². The summed E-state index contributed by atoms with van der Waals surface area (Å²) < 4.78 is 10.5. The number of fused-ring (bicyclic) bond motifs is 10. The monoisotopic (exact) mass is 508 g/mol. The predicted molar refractivity (Wildman–Crippen MR) is 134 cm³/mol. The minimum atomic E-state index is -1.30. The lowest BCUT2D eigenvalue weighted by atomic mass is 9.68. The molecule has 0 spiro atoms. The minimum Gasteiger partial charge on any atom is -0.468 e. The molecule has 7 rings (SSSR count). The summed E-state index contributed by atoms with van der Waals surface area (Å²) in [6, 6.07) is 0. The summed E-state index contributed by atoms with van der Waals surface area (Å²) in [5.74, 6) is 4.58. The first-order valence-electron chi connectivity index (χ1n) is 14.5. The lowest BCUT2D eigenvalue weighted by molar-refractivity contribution is -0.168. The van der Waals surface area contributed by atoms with Crippen LogP contribution in [0.4, 0.5) is 0 Å². The van der Waals surface area contributed by atoms with E-state index in [4.69, 9.17) is 9.47 Å². The molecule has 0 N–H and O–H groups in total. The molecule has 0 aromatic heterocycles. The van der Waals surface area contributed by atoms with Crippen molar-refractivity contribution >= 4 is 23.5 Å². The summed E-state index contributed by atoms with van der Waals surface area (Å²) in [5.41, 5.74) is 1.34. The third kappa shape index (κ3) is 2.78. The van der Waals surface area contributed by atoms with Crippen molar-refractivity contribution in [2.24, 2.45) is 88.3 Å². The van der Waals surface area contributed by atoms with E-state index in [2.05, 4.69) is 27.7 Å². The van der Waals surface area contributed by atoms with Crippen molar-refractivity contribution < 1.29 is 28.7 Å². The maximum atomic E-state index is 13.3. The van der Waals surface area contributed by atoms with Crippen LogP contribution in [0.15, 0.2) is 11.1 Å². The molecule has 0 aromatic rings. The Hall–Kier alpha value is -1.98. The van der Waals surface area contributed by atoms with Crippen LogP contribution in [0, 0.1) is 88.3 Å². The van der Waals surface area contributed by atoms with Crippen LogP contribution in [0.25, 0.3) is 0 Å². The van der Waals surface area contributed by atoms with Gasteiger partial charge in [0, 0.05) is 23.7 Å². The van der Waals surface area contributed by atoms with E-state index in [1.54, 1.807) is 0 Å². The highest BCUT2D eigenvalue weighted by Gasteiger charge is 2.74. The number of ketones is 2. The molecule has 0 aliphatic heterocycles. The molecule has 0 aromatic carbocycles. The van der Waals surface area contributed by atoms with Crippen LogP contribution in [0.5, 0.6) is 0 Å². The summed E-state index contributed by atoms with van der Waals surface area (Å²) in [6.45, 7) is 8.45. The molecule has 14 atom stereocenters. The van der Waals surface area contributed by atoms with Crippen LogP contribution in [-0.4, -0.2) is 37.7 Å². The number of methoxy groups -OCH3 is 2. The molecular formula is C31H40O6. The third-order valence-electron chi connectivity index (χ3n) is 13.0. The number of allylic oxidation sites excluding steroid dienone is 2. The SMILES string of the molecule is COC(=O)C1(C(=O)OC)CC(C2[C@@H]3[C@@H]4C[C@H]([C@H]23)[C@@H](C)C(=O)[C@H]4C)=C(C2[C@@H]3[C@@H]4C[C@H]([C@H]23)[C@@H](C)C(=O)[C@H]4C)C1. The Balaban J connectivity index is 1.28. The molecule has 0 heterocycles. The Labute approximate surface area is 219 Å². The standard InChI is InChI=1S/C31H40O6/c1-11-15-7-16(12(2)27(11)32)22-21(15)25(22)19-9-31(29(34)36-5,30(35)37-6)10-20(19)26-23-17-8-18(24(23)26)14(4)28(33)13(17)3/h11-18,21-26H,7-10H2,1-6H3/t11-,12+,13-,14+,15+,16-,17+,18-,21+,22-,23+,24-,25?,26?. The van der Waals surface area contributed by atoms with E-state index >= 15 is 0 Å². The van der Waals surface area contributed by atoms with Crippen LogP contribution < -0.4 is 0 Å². The summed E-state index contributed by atoms with van der Waals surface area (Å²) in [6.07, 6.45) is 3.06. The number of carbonyl (C=O) groups is 4. The van der Waals surface area contributed by atoms with Crippen molar-refractivity contribution in [2.45, 2.75) is 53.4 Å². The lowest BCUT2D eigenvalue weighted by Crippen LogP contribution is -2.40. The maximum Gasteiger partial charge on any atom is 0.323 e. The van der Waals surface area contributed by atoms with Crippen LogP contribution in [0.1, 0.15) is 53.4 Å². The predicted octanol–water partition coefficient (Wildman–Crippen LogP) is 4.12. The molecule has 6 heteroatoms. The number of esters is 2. The van der Waals surface area contributed by atoms with Gasteiger partial charge in [0.1, 0.15) is 11.6 Å². The molecule has 4 bridgehead atoms. The molecule has 37 heavy (non-hydrogen) atoms. The van der Waals surface area contributed by atoms with Crippen molar-refractivity contribution in [2.75, 3.05) is 14.2 Å². The topological polar surface area (TPSA) is 86.7 Å². The van der Waals surface area contributed by atoms with E-state index in [1.807, 2.05) is 0 Å². The molecule has 0 radical (unpaired) electrons. The fourth-order valence-corrected chi connectivity index (χ4v) is 11.3. The quantitative estimate of drug-likeness (QED) is 0.323. The second-order valence-electron chi connectivity index (χ2n) is 13.9. The van der Waals surface area contributed by atoms with Crippen molar-refractivity contribution in [3.63, 3.8) is 0 Å². The molecule has 6 fully saturated rings. The molecule has 6 saturated carbocycles. The van der Waals surface area contributed by atoms with Gasteiger partial charge in [-0.1, -0.05) is 38.8 Å². The van der Waals surface area contributed by atoms with Crippen molar-refractivity contribution in [3.05, 3.63) is 11.1 Å². The van der Waals surface area contributed by atoms with E-state index < -0.39 is 17.4 Å². The summed E-state index contributed by atoms with van der Waals surface area (Å²) >= 11 is 0. The van der Waals surface area contributed by atoms with Gasteiger partial charge in [-0.05, 0) is 84.9 Å². The minimum absolute atomic E-state index is 0.0926. The Kier molecular flexibility index (Phi) is 4.93. The van der Waals surface area contributed by atoms with E-state index in [0.717, 1.165) is 12.8 Å². The molecular weight excluding hydrogens is 468 g/mol. The Morgan fingerprint density at radius 2 is 0.919 bits per heavy atom. The molecule has 0 saturated heterocycles. The highest BCUT2D eigenvalue weighted by molar-refractivity contribution is 6.01. The zero-order valence-corrected chi connectivity index (χ0v) is 22.9. The van der Waals surface area contributed by atoms with Gasteiger partial charge in [0.2, 0.25) is 0 Å². The van der Waals surface area contributed by atoms with Crippen LogP contribution in [0.3, 0.4) is 0 Å². The number of Topliss-reactive ketones (excluding diaryl/α,β-unsaturated/α-hetero) is 2. The van der Waals surface area contributed by atoms with Gasteiger partial charge in [0.25, 0.3) is 0 Å². The fraction of sp³-hybridized carbons (Fsp3) is 0.806. The smallest absolute Gasteiger partial charge is 0.323 e. The van der Waals surface area contributed by atoms with E-state index in [0.29, 0.717) is 83.6 Å². The van der Waals surface area contributed by atoms with Crippen LogP contribution in [-0.2, 0) is 28.7 Å². The normalized spacial score (nSPS) is 52.1. The van der Waals surface area contributed by atoms with Gasteiger partial charge in [0.05, 0.1) is 14.2 Å². The number of hydrogen-bond donors (Lipinski definition) is 0. The average molecular weight is 509 g/mol. The fourth-order valence-electron chi connectivity index (χ4n) is 11.3. The first kappa shape index (κ1) is 24.1. The average Bonchev–Trinajstić information content (AvgIpc) is 3.64. The van der Waals surface area contributed by atoms with Gasteiger partial charge in [-0.25, -0.2) is 0 Å². The van der Waals surface area contributed by atoms with Gasteiger partial charge in [0.15, 0.2) is 5.41 Å². The van der Waals surface area contributed by atoms with E-state index in [-0.39, 0.29) is 23.7 Å². The van der Waals surface area contributed by atoms with E-state index in [1.165, 1.54) is 25.4 Å². The second-order valence-corrected chi connectivity index (χ2v) is 13.9. The summed E-state index contributed by atoms with van der Waals surface area (Å²) in [7, 11) is 2.72. The molecule has 2 unspecified atom stereocenters. The maximum absolute atomic E-state index is 13.3. The van der Waals surface area contributed by atoms with Crippen LogP contribution in [0.2, 0.25) is 0 Å². The molecule has 200 valence electrons. The van der Waals surface area contributed by atoms with E-state index in [9.17, 15) is 19.2 Å². The van der Waals surface area contributed by atoms with Crippen molar-refractivity contribution in [1.29, 1.82) is 0 Å². The summed E-state index contributed by atoms with van der Waals surface area (Å²) in [5, 5.41) is 0. The Morgan fingerprint density at radius 1 is 0.622 bits per heavy atom. The highest BCUT2D eigenvalue weighted by Crippen LogP contribution is 2.77. The van der Waals surface area contributed by atoms with Crippen molar-refractivity contribution in [3.8, 4) is 0 Å². The first-order valence-corrected chi connectivity index (χ1v) is 14.5. The van der Waals surface area contributed by atoms with Crippen molar-refractivity contribution in [1.82, 2.24) is 0 Å². The summed E-state index contributed by atoms with van der Waals surface area (Å²) in [4.78, 5) is 52.3. The molecule has 7 aliphatic rings. The van der Waals surface area contributed by atoms with Gasteiger partial charge >= 0.3 is 11.9 Å². The number of ether oxygens (including phenoxy) is 2. The Bertz CT molecular complexity index is 1010. The third-order valence-corrected chi connectivity index (χ3v) is 13.0. The van der Waals surface area contributed by atoms with Gasteiger partial charge in [-0.3, -0.25) is 19.2 Å². The number of rotatable bonds is 4. The number of carbonyl (C=O) groups excluding carboxylic acids is 4.